The fraction of sp³-hybridized carbons (Fsp3) is 0.375. The summed E-state index contributed by atoms with van der Waals surface area (Å²) in [6.07, 6.45) is -1.35. The van der Waals surface area contributed by atoms with E-state index in [1.807, 2.05) is 0 Å². The van der Waals surface area contributed by atoms with Crippen molar-refractivity contribution in [2.24, 2.45) is 0 Å². The van der Waals surface area contributed by atoms with Crippen LogP contribution in [0.2, 0.25) is 0 Å². The summed E-state index contributed by atoms with van der Waals surface area (Å²) < 4.78 is 43.8. The lowest BCUT2D eigenvalue weighted by atomic mass is 10.1. The standard InChI is InChI=1S/C24H30N2O8S/c1-24(2,3)34-23(29)26(16-21(27)33-17-19-13-9-6-10-14-19)35(30,31)25-20(22(28)32-4)15-18-11-7-5-8-12-18/h5-14,20,25H,15-17H2,1-4H3/t20-/m0/s1. The fourth-order valence-electron chi connectivity index (χ4n) is 2.87. The summed E-state index contributed by atoms with van der Waals surface area (Å²) in [5.41, 5.74) is 0.279. The van der Waals surface area contributed by atoms with Gasteiger partial charge < -0.3 is 14.2 Å². The minimum atomic E-state index is -4.74. The minimum Gasteiger partial charge on any atom is -0.468 e. The molecule has 0 heterocycles. The maximum absolute atomic E-state index is 13.2. The highest BCUT2D eigenvalue weighted by molar-refractivity contribution is 7.87. The summed E-state index contributed by atoms with van der Waals surface area (Å²) in [6, 6.07) is 16.0. The van der Waals surface area contributed by atoms with Crippen LogP contribution in [-0.4, -0.2) is 56.1 Å². The van der Waals surface area contributed by atoms with Gasteiger partial charge in [-0.2, -0.15) is 17.4 Å². The van der Waals surface area contributed by atoms with Crippen molar-refractivity contribution in [2.45, 2.75) is 45.4 Å². The lowest BCUT2D eigenvalue weighted by molar-refractivity contribution is -0.145. The van der Waals surface area contributed by atoms with Crippen LogP contribution in [0.5, 0.6) is 0 Å². The van der Waals surface area contributed by atoms with Gasteiger partial charge in [0.1, 0.15) is 24.8 Å². The molecular weight excluding hydrogens is 476 g/mol. The van der Waals surface area contributed by atoms with Crippen molar-refractivity contribution >= 4 is 28.2 Å². The monoisotopic (exact) mass is 506 g/mol. The topological polar surface area (TPSA) is 128 Å². The molecule has 10 nitrogen and oxygen atoms in total. The van der Waals surface area contributed by atoms with Crippen LogP contribution < -0.4 is 4.72 Å². The van der Waals surface area contributed by atoms with Gasteiger partial charge in [-0.25, -0.2) is 4.79 Å². The average molecular weight is 507 g/mol. The second kappa shape index (κ2) is 12.3. The van der Waals surface area contributed by atoms with Crippen molar-refractivity contribution in [3.05, 3.63) is 71.8 Å². The van der Waals surface area contributed by atoms with Crippen LogP contribution in [0.1, 0.15) is 31.9 Å². The second-order valence-corrected chi connectivity index (χ2v) is 10.1. The van der Waals surface area contributed by atoms with E-state index in [2.05, 4.69) is 4.72 Å². The van der Waals surface area contributed by atoms with Gasteiger partial charge in [-0.05, 0) is 38.3 Å². The zero-order valence-corrected chi connectivity index (χ0v) is 20.9. The summed E-state index contributed by atoms with van der Waals surface area (Å²) in [5, 5.41) is 0. The molecule has 190 valence electrons. The van der Waals surface area contributed by atoms with Crippen LogP contribution in [0.3, 0.4) is 0 Å². The van der Waals surface area contributed by atoms with Crippen LogP contribution in [-0.2, 0) is 47.0 Å². The van der Waals surface area contributed by atoms with Gasteiger partial charge in [0.25, 0.3) is 0 Å². The molecule has 2 aromatic carbocycles. The number of rotatable bonds is 10. The van der Waals surface area contributed by atoms with Crippen molar-refractivity contribution in [3.63, 3.8) is 0 Å². The third-order valence-corrected chi connectivity index (χ3v) is 5.90. The third kappa shape index (κ3) is 9.38. The number of hydrogen-bond acceptors (Lipinski definition) is 8. The molecule has 1 amide bonds. The number of benzene rings is 2. The summed E-state index contributed by atoms with van der Waals surface area (Å²) in [6.45, 7) is 3.56. The Morgan fingerprint density at radius 1 is 0.943 bits per heavy atom. The summed E-state index contributed by atoms with van der Waals surface area (Å²) >= 11 is 0. The van der Waals surface area contributed by atoms with E-state index in [1.54, 1.807) is 81.4 Å². The number of hydrogen-bond donors (Lipinski definition) is 1. The zero-order chi connectivity index (χ0) is 26.1. The normalized spacial score (nSPS) is 12.3. The number of esters is 2. The highest BCUT2D eigenvalue weighted by atomic mass is 32.2. The van der Waals surface area contributed by atoms with E-state index in [-0.39, 0.29) is 17.3 Å². The Bertz CT molecular complexity index is 1100. The molecule has 0 aromatic heterocycles. The van der Waals surface area contributed by atoms with E-state index in [4.69, 9.17) is 14.2 Å². The summed E-state index contributed by atoms with van der Waals surface area (Å²) in [7, 11) is -3.63. The Hall–Kier alpha value is -3.44. The van der Waals surface area contributed by atoms with E-state index in [0.717, 1.165) is 7.11 Å². The molecule has 0 bridgehead atoms. The molecule has 0 saturated heterocycles. The Balaban J connectivity index is 2.24. The van der Waals surface area contributed by atoms with Crippen molar-refractivity contribution in [2.75, 3.05) is 13.7 Å². The highest BCUT2D eigenvalue weighted by Crippen LogP contribution is 2.14. The van der Waals surface area contributed by atoms with Crippen molar-refractivity contribution in [1.82, 2.24) is 9.03 Å². The Labute approximate surface area is 205 Å². The Morgan fingerprint density at radius 3 is 2.00 bits per heavy atom. The molecule has 1 atom stereocenters. The van der Waals surface area contributed by atoms with Crippen LogP contribution in [0.15, 0.2) is 60.7 Å². The summed E-state index contributed by atoms with van der Waals surface area (Å²) in [5.74, 6) is -1.85. The molecule has 35 heavy (non-hydrogen) atoms. The third-order valence-electron chi connectivity index (χ3n) is 4.46. The lowest BCUT2D eigenvalue weighted by Gasteiger charge is -2.27. The molecule has 11 heteroatoms. The maximum Gasteiger partial charge on any atom is 0.425 e. The number of methoxy groups -OCH3 is 1. The largest absolute Gasteiger partial charge is 0.468 e. The molecule has 0 saturated carbocycles. The molecule has 0 aliphatic rings. The Morgan fingerprint density at radius 2 is 1.49 bits per heavy atom. The van der Waals surface area contributed by atoms with E-state index >= 15 is 0 Å². The fourth-order valence-corrected chi connectivity index (χ4v) is 4.05. The van der Waals surface area contributed by atoms with Gasteiger partial charge in [0.15, 0.2) is 0 Å². The molecule has 1 N–H and O–H groups in total. The van der Waals surface area contributed by atoms with Gasteiger partial charge in [0.05, 0.1) is 7.11 Å². The SMILES string of the molecule is COC(=O)[C@H](Cc1ccccc1)NS(=O)(=O)N(CC(=O)OCc1ccccc1)C(=O)OC(C)(C)C. The van der Waals surface area contributed by atoms with Gasteiger partial charge in [-0.15, -0.1) is 0 Å². The quantitative estimate of drug-likeness (QED) is 0.385. The molecule has 0 unspecified atom stereocenters. The number of nitrogens with one attached hydrogen (secondary N) is 1. The van der Waals surface area contributed by atoms with Gasteiger partial charge >= 0.3 is 28.2 Å². The van der Waals surface area contributed by atoms with Crippen LogP contribution in [0.25, 0.3) is 0 Å². The smallest absolute Gasteiger partial charge is 0.425 e. The molecule has 2 rings (SSSR count). The number of ether oxygens (including phenoxy) is 3. The van der Waals surface area contributed by atoms with Crippen LogP contribution in [0, 0.1) is 0 Å². The molecule has 0 spiro atoms. The predicted octanol–water partition coefficient (Wildman–Crippen LogP) is 2.59. The molecule has 0 fully saturated rings. The molecule has 0 aliphatic heterocycles. The van der Waals surface area contributed by atoms with Gasteiger partial charge in [-0.1, -0.05) is 60.7 Å². The first-order chi connectivity index (χ1) is 16.4. The Kier molecular flexibility index (Phi) is 9.78. The van der Waals surface area contributed by atoms with Crippen LogP contribution >= 0.6 is 0 Å². The molecular formula is C24H30N2O8S. The number of nitrogens with zero attached hydrogens (tertiary/aromatic N) is 1. The molecule has 0 radical (unpaired) electrons. The van der Waals surface area contributed by atoms with E-state index < -0.39 is 46.4 Å². The first kappa shape index (κ1) is 27.8. The van der Waals surface area contributed by atoms with Gasteiger partial charge in [0.2, 0.25) is 0 Å². The number of amides is 1. The highest BCUT2D eigenvalue weighted by Gasteiger charge is 2.37. The van der Waals surface area contributed by atoms with Crippen LogP contribution in [0.4, 0.5) is 4.79 Å². The first-order valence-corrected chi connectivity index (χ1v) is 12.2. The van der Waals surface area contributed by atoms with E-state index in [1.165, 1.54) is 0 Å². The van der Waals surface area contributed by atoms with E-state index in [9.17, 15) is 22.8 Å². The van der Waals surface area contributed by atoms with Gasteiger partial charge in [-0.3, -0.25) is 9.59 Å². The predicted molar refractivity (Wildman–Crippen MR) is 127 cm³/mol. The van der Waals surface area contributed by atoms with E-state index in [0.29, 0.717) is 11.1 Å². The van der Waals surface area contributed by atoms with Gasteiger partial charge in [0, 0.05) is 0 Å². The minimum absolute atomic E-state index is 0.0483. The number of carbonyl (C=O) groups excluding carboxylic acids is 3. The first-order valence-electron chi connectivity index (χ1n) is 10.8. The maximum atomic E-state index is 13.2. The molecule has 2 aromatic rings. The average Bonchev–Trinajstić information content (AvgIpc) is 2.80. The molecule has 0 aliphatic carbocycles. The summed E-state index contributed by atoms with van der Waals surface area (Å²) in [4.78, 5) is 37.5. The number of carbonyl (C=O) groups is 3. The second-order valence-electron chi connectivity index (χ2n) is 8.52. The van der Waals surface area contributed by atoms with Crippen molar-refractivity contribution in [1.29, 1.82) is 0 Å². The lowest BCUT2D eigenvalue weighted by Crippen LogP contribution is -2.53. The van der Waals surface area contributed by atoms with Crippen molar-refractivity contribution in [3.8, 4) is 0 Å². The van der Waals surface area contributed by atoms with Crippen molar-refractivity contribution < 1.29 is 37.0 Å². The zero-order valence-electron chi connectivity index (χ0n) is 20.1.